The van der Waals surface area contributed by atoms with Gasteiger partial charge < -0.3 is 20.3 Å². The number of aliphatic carboxylic acids is 1. The normalized spacial score (nSPS) is 12.4. The summed E-state index contributed by atoms with van der Waals surface area (Å²) >= 11 is 1.16. The standard InChI is InChI=1S/C26H23FN4O4S/c1-3-20(24(33)34)31-21-13-12-19(29-25(35)28-18-10-8-17(27)9-11-18)14-22(21)36-26(31)30-23(32)16-6-4-15(2)5-7-16/h4-14,20H,3H2,1-2H3,(H,33,34)(H2,28,29,35). The third kappa shape index (κ3) is 5.49. The highest BCUT2D eigenvalue weighted by Crippen LogP contribution is 2.26. The molecule has 1 unspecified atom stereocenters. The number of carbonyl (C=O) groups excluding carboxylic acids is 2. The van der Waals surface area contributed by atoms with Crippen molar-refractivity contribution < 1.29 is 23.9 Å². The van der Waals surface area contributed by atoms with E-state index in [4.69, 9.17) is 0 Å². The second kappa shape index (κ2) is 10.5. The number of nitrogens with one attached hydrogen (secondary N) is 2. The summed E-state index contributed by atoms with van der Waals surface area (Å²) in [5.74, 6) is -1.93. The summed E-state index contributed by atoms with van der Waals surface area (Å²) < 4.78 is 15.3. The molecule has 184 valence electrons. The maximum absolute atomic E-state index is 13.1. The van der Waals surface area contributed by atoms with Crippen LogP contribution < -0.4 is 15.4 Å². The van der Waals surface area contributed by atoms with Crippen LogP contribution in [0.3, 0.4) is 0 Å². The van der Waals surface area contributed by atoms with Crippen LogP contribution in [0.4, 0.5) is 20.6 Å². The molecule has 3 amide bonds. The van der Waals surface area contributed by atoms with Crippen molar-refractivity contribution in [1.29, 1.82) is 0 Å². The van der Waals surface area contributed by atoms with Crippen molar-refractivity contribution in [2.24, 2.45) is 4.99 Å². The summed E-state index contributed by atoms with van der Waals surface area (Å²) in [4.78, 5) is 41.7. The van der Waals surface area contributed by atoms with E-state index < -0.39 is 29.8 Å². The Kier molecular flexibility index (Phi) is 7.25. The van der Waals surface area contributed by atoms with Crippen molar-refractivity contribution in [2.75, 3.05) is 10.6 Å². The molecule has 0 saturated carbocycles. The molecule has 0 aliphatic carbocycles. The van der Waals surface area contributed by atoms with Gasteiger partial charge in [0, 0.05) is 16.9 Å². The Morgan fingerprint density at radius 2 is 1.64 bits per heavy atom. The number of benzene rings is 3. The molecule has 10 heteroatoms. The molecular formula is C26H23FN4O4S. The number of carboxylic acids is 1. The lowest BCUT2D eigenvalue weighted by Gasteiger charge is -2.13. The quantitative estimate of drug-likeness (QED) is 0.317. The number of halogens is 1. The van der Waals surface area contributed by atoms with E-state index in [1.165, 1.54) is 28.8 Å². The van der Waals surface area contributed by atoms with Gasteiger partial charge in [0.25, 0.3) is 5.91 Å². The Hall–Kier alpha value is -4.31. The number of hydrogen-bond donors (Lipinski definition) is 3. The number of aromatic nitrogens is 1. The fourth-order valence-corrected chi connectivity index (χ4v) is 4.75. The molecule has 8 nitrogen and oxygen atoms in total. The summed E-state index contributed by atoms with van der Waals surface area (Å²) in [6.45, 7) is 3.66. The van der Waals surface area contributed by atoms with E-state index in [1.54, 1.807) is 37.3 Å². The van der Waals surface area contributed by atoms with Crippen molar-refractivity contribution >= 4 is 50.8 Å². The maximum atomic E-state index is 13.1. The molecule has 1 aromatic heterocycles. The van der Waals surface area contributed by atoms with E-state index in [0.29, 0.717) is 27.2 Å². The number of hydrogen-bond acceptors (Lipinski definition) is 4. The molecule has 0 saturated heterocycles. The van der Waals surface area contributed by atoms with Crippen LogP contribution in [0.15, 0.2) is 71.7 Å². The van der Waals surface area contributed by atoms with Gasteiger partial charge in [-0.25, -0.2) is 14.0 Å². The molecule has 4 rings (SSSR count). The number of thiazole rings is 1. The van der Waals surface area contributed by atoms with E-state index >= 15 is 0 Å². The third-order valence-electron chi connectivity index (χ3n) is 5.47. The van der Waals surface area contributed by atoms with Crippen LogP contribution in [0, 0.1) is 12.7 Å². The van der Waals surface area contributed by atoms with Gasteiger partial charge >= 0.3 is 12.0 Å². The van der Waals surface area contributed by atoms with Crippen molar-refractivity contribution in [3.05, 3.63) is 88.5 Å². The summed E-state index contributed by atoms with van der Waals surface area (Å²) in [6, 6.07) is 15.9. The smallest absolute Gasteiger partial charge is 0.326 e. The van der Waals surface area contributed by atoms with Gasteiger partial charge in [-0.1, -0.05) is 36.0 Å². The summed E-state index contributed by atoms with van der Waals surface area (Å²) in [7, 11) is 0. The number of carbonyl (C=O) groups is 3. The Morgan fingerprint density at radius 3 is 2.28 bits per heavy atom. The zero-order chi connectivity index (χ0) is 25.8. The Morgan fingerprint density at radius 1 is 1.00 bits per heavy atom. The number of aryl methyl sites for hydroxylation is 1. The Bertz CT molecular complexity index is 1510. The van der Waals surface area contributed by atoms with Crippen LogP contribution in [0.2, 0.25) is 0 Å². The highest BCUT2D eigenvalue weighted by Gasteiger charge is 2.22. The lowest BCUT2D eigenvalue weighted by atomic mass is 10.1. The van der Waals surface area contributed by atoms with Gasteiger partial charge in [-0.3, -0.25) is 4.79 Å². The van der Waals surface area contributed by atoms with E-state index in [1.807, 2.05) is 19.1 Å². The predicted octanol–water partition coefficient (Wildman–Crippen LogP) is 5.57. The first-order valence-electron chi connectivity index (χ1n) is 11.1. The average Bonchev–Trinajstić information content (AvgIpc) is 3.18. The van der Waals surface area contributed by atoms with Gasteiger partial charge in [0.15, 0.2) is 4.80 Å². The molecule has 4 aromatic rings. The van der Waals surface area contributed by atoms with Crippen LogP contribution in [-0.4, -0.2) is 27.6 Å². The number of nitrogens with zero attached hydrogens (tertiary/aromatic N) is 2. The monoisotopic (exact) mass is 506 g/mol. The fraction of sp³-hybridized carbons (Fsp3) is 0.154. The lowest BCUT2D eigenvalue weighted by Crippen LogP contribution is -2.27. The highest BCUT2D eigenvalue weighted by molar-refractivity contribution is 7.16. The second-order valence-electron chi connectivity index (χ2n) is 8.07. The van der Waals surface area contributed by atoms with E-state index in [0.717, 1.165) is 16.9 Å². The van der Waals surface area contributed by atoms with Crippen LogP contribution in [0.1, 0.15) is 35.3 Å². The van der Waals surface area contributed by atoms with Crippen LogP contribution in [-0.2, 0) is 4.79 Å². The maximum Gasteiger partial charge on any atom is 0.326 e. The number of amides is 3. The van der Waals surface area contributed by atoms with Gasteiger partial charge in [0.2, 0.25) is 0 Å². The molecule has 3 N–H and O–H groups in total. The second-order valence-corrected chi connectivity index (χ2v) is 9.08. The third-order valence-corrected chi connectivity index (χ3v) is 6.48. The molecule has 36 heavy (non-hydrogen) atoms. The van der Waals surface area contributed by atoms with Crippen LogP contribution in [0.25, 0.3) is 10.2 Å². The number of urea groups is 1. The van der Waals surface area contributed by atoms with Crippen molar-refractivity contribution in [1.82, 2.24) is 4.57 Å². The first-order chi connectivity index (χ1) is 17.2. The summed E-state index contributed by atoms with van der Waals surface area (Å²) in [5.41, 5.74) is 2.85. The molecule has 0 bridgehead atoms. The largest absolute Gasteiger partial charge is 0.480 e. The number of rotatable bonds is 6. The van der Waals surface area contributed by atoms with Crippen molar-refractivity contribution in [3.63, 3.8) is 0 Å². The van der Waals surface area contributed by atoms with E-state index in [2.05, 4.69) is 15.6 Å². The Balaban J connectivity index is 1.70. The Labute approximate surface area is 209 Å². The van der Waals surface area contributed by atoms with Crippen LogP contribution >= 0.6 is 11.3 Å². The SMILES string of the molecule is CCC(C(=O)O)n1c(=NC(=O)c2ccc(C)cc2)sc2cc(NC(=O)Nc3ccc(F)cc3)ccc21. The number of carboxylic acid groups (broad SMARTS) is 1. The molecule has 0 aliphatic rings. The first kappa shape index (κ1) is 24.8. The lowest BCUT2D eigenvalue weighted by molar-refractivity contribution is -0.140. The predicted molar refractivity (Wildman–Crippen MR) is 137 cm³/mol. The minimum absolute atomic E-state index is 0.248. The molecular weight excluding hydrogens is 483 g/mol. The van der Waals surface area contributed by atoms with E-state index in [9.17, 15) is 23.9 Å². The van der Waals surface area contributed by atoms with Crippen LogP contribution in [0.5, 0.6) is 0 Å². The zero-order valence-electron chi connectivity index (χ0n) is 19.5. The topological polar surface area (TPSA) is 113 Å². The fourth-order valence-electron chi connectivity index (χ4n) is 3.64. The molecule has 3 aromatic carbocycles. The minimum atomic E-state index is -1.04. The molecule has 1 atom stereocenters. The highest BCUT2D eigenvalue weighted by atomic mass is 32.1. The van der Waals surface area contributed by atoms with Gasteiger partial charge in [0.05, 0.1) is 10.2 Å². The number of fused-ring (bicyclic) bond motifs is 1. The molecule has 1 heterocycles. The van der Waals surface area contributed by atoms with Gasteiger partial charge in [-0.05, 0) is 67.9 Å². The summed E-state index contributed by atoms with van der Waals surface area (Å²) in [5, 5.41) is 15.1. The molecule has 0 aliphatic heterocycles. The van der Waals surface area contributed by atoms with Crippen molar-refractivity contribution in [3.8, 4) is 0 Å². The first-order valence-corrected chi connectivity index (χ1v) is 11.9. The molecule has 0 radical (unpaired) electrons. The van der Waals surface area contributed by atoms with Gasteiger partial charge in [-0.15, -0.1) is 0 Å². The van der Waals surface area contributed by atoms with Gasteiger partial charge in [-0.2, -0.15) is 4.99 Å². The number of anilines is 2. The van der Waals surface area contributed by atoms with E-state index in [-0.39, 0.29) is 11.2 Å². The summed E-state index contributed by atoms with van der Waals surface area (Å²) in [6.07, 6.45) is 0.285. The van der Waals surface area contributed by atoms with Gasteiger partial charge in [0.1, 0.15) is 11.9 Å². The minimum Gasteiger partial charge on any atom is -0.480 e. The van der Waals surface area contributed by atoms with Crippen molar-refractivity contribution in [2.45, 2.75) is 26.3 Å². The average molecular weight is 507 g/mol. The molecule has 0 fully saturated rings. The zero-order valence-corrected chi connectivity index (χ0v) is 20.3. The molecule has 0 spiro atoms.